The number of sulfonamides is 1. The summed E-state index contributed by atoms with van der Waals surface area (Å²) in [6, 6.07) is 10.7. The summed E-state index contributed by atoms with van der Waals surface area (Å²) in [6.07, 6.45) is 0.881. The number of carbonyl (C=O) groups excluding carboxylic acids is 2. The fourth-order valence-electron chi connectivity index (χ4n) is 4.18. The molecule has 10 heteroatoms. The van der Waals surface area contributed by atoms with Crippen molar-refractivity contribution in [2.24, 2.45) is 5.92 Å². The second kappa shape index (κ2) is 8.95. The van der Waals surface area contributed by atoms with Gasteiger partial charge in [-0.15, -0.1) is 0 Å². The molecule has 2 aromatic rings. The van der Waals surface area contributed by atoms with Gasteiger partial charge in [0.15, 0.2) is 0 Å². The third kappa shape index (κ3) is 4.81. The van der Waals surface area contributed by atoms with Crippen LogP contribution in [0.15, 0.2) is 53.4 Å². The Labute approximate surface area is 185 Å². The van der Waals surface area contributed by atoms with Crippen LogP contribution in [0.3, 0.4) is 0 Å². The maximum atomic E-state index is 13.5. The predicted molar refractivity (Wildman–Crippen MR) is 113 cm³/mol. The molecule has 1 atom stereocenters. The number of benzene rings is 2. The van der Waals surface area contributed by atoms with Crippen molar-refractivity contribution in [3.05, 3.63) is 60.2 Å². The molecule has 2 fully saturated rings. The molecule has 2 heterocycles. The van der Waals surface area contributed by atoms with E-state index in [-0.39, 0.29) is 41.4 Å². The van der Waals surface area contributed by atoms with E-state index in [1.54, 1.807) is 23.1 Å². The molecule has 2 aliphatic rings. The van der Waals surface area contributed by atoms with E-state index in [1.165, 1.54) is 17.0 Å². The number of nitrogens with one attached hydrogen (secondary N) is 1. The number of amides is 2. The fourth-order valence-corrected chi connectivity index (χ4v) is 5.51. The van der Waals surface area contributed by atoms with E-state index in [0.29, 0.717) is 25.9 Å². The Morgan fingerprint density at radius 2 is 1.62 bits per heavy atom. The molecule has 2 saturated heterocycles. The van der Waals surface area contributed by atoms with Crippen LogP contribution in [0.2, 0.25) is 0 Å². The largest absolute Gasteiger partial charge is 0.342 e. The molecule has 0 aliphatic carbocycles. The summed E-state index contributed by atoms with van der Waals surface area (Å²) in [5.74, 6) is -2.75. The first kappa shape index (κ1) is 22.3. The molecule has 0 bridgehead atoms. The van der Waals surface area contributed by atoms with Gasteiger partial charge in [0.25, 0.3) is 0 Å². The topological polar surface area (TPSA) is 86.8 Å². The minimum Gasteiger partial charge on any atom is -0.342 e. The molecule has 4 rings (SSSR count). The van der Waals surface area contributed by atoms with Crippen LogP contribution in [0.1, 0.15) is 19.3 Å². The molecule has 0 aromatic heterocycles. The van der Waals surface area contributed by atoms with Gasteiger partial charge in [-0.1, -0.05) is 18.2 Å². The van der Waals surface area contributed by atoms with Gasteiger partial charge in [0.05, 0.1) is 10.8 Å². The van der Waals surface area contributed by atoms with Crippen molar-refractivity contribution >= 4 is 27.5 Å². The van der Waals surface area contributed by atoms with Gasteiger partial charge in [-0.3, -0.25) is 9.59 Å². The third-order valence-corrected chi connectivity index (χ3v) is 7.35. The average molecular weight is 464 g/mol. The van der Waals surface area contributed by atoms with E-state index in [4.69, 9.17) is 0 Å². The third-order valence-electron chi connectivity index (χ3n) is 5.82. The average Bonchev–Trinajstić information content (AvgIpc) is 3.15. The SMILES string of the molecule is O=C(C1CC(=O)N(c2cc(F)cc(F)c2)C1)N1CCC(NS(=O)(=O)c2ccccc2)CC1. The highest BCUT2D eigenvalue weighted by Crippen LogP contribution is 2.28. The summed E-state index contributed by atoms with van der Waals surface area (Å²) in [5.41, 5.74) is 0.0943. The van der Waals surface area contributed by atoms with Crippen LogP contribution in [-0.2, 0) is 19.6 Å². The fraction of sp³-hybridized carbons (Fsp3) is 0.364. The zero-order valence-corrected chi connectivity index (χ0v) is 18.0. The zero-order chi connectivity index (χ0) is 22.9. The van der Waals surface area contributed by atoms with Gasteiger partial charge in [0, 0.05) is 43.9 Å². The van der Waals surface area contributed by atoms with Gasteiger partial charge in [-0.2, -0.15) is 0 Å². The molecule has 2 aliphatic heterocycles. The van der Waals surface area contributed by atoms with Gasteiger partial charge in [-0.05, 0) is 37.1 Å². The van der Waals surface area contributed by atoms with Gasteiger partial charge in [0.1, 0.15) is 11.6 Å². The molecule has 32 heavy (non-hydrogen) atoms. The van der Waals surface area contributed by atoms with Crippen molar-refractivity contribution in [1.82, 2.24) is 9.62 Å². The summed E-state index contributed by atoms with van der Waals surface area (Å²) >= 11 is 0. The number of nitrogens with zero attached hydrogens (tertiary/aromatic N) is 2. The molecule has 0 saturated carbocycles. The number of carbonyl (C=O) groups is 2. The van der Waals surface area contributed by atoms with Gasteiger partial charge in [0.2, 0.25) is 21.8 Å². The Kier molecular flexibility index (Phi) is 6.25. The van der Waals surface area contributed by atoms with Crippen molar-refractivity contribution < 1.29 is 26.8 Å². The van der Waals surface area contributed by atoms with Crippen molar-refractivity contribution in [1.29, 1.82) is 0 Å². The van der Waals surface area contributed by atoms with Crippen LogP contribution < -0.4 is 9.62 Å². The Bertz CT molecular complexity index is 1100. The second-order valence-corrected chi connectivity index (χ2v) is 9.78. The van der Waals surface area contributed by atoms with Gasteiger partial charge in [-0.25, -0.2) is 21.9 Å². The smallest absolute Gasteiger partial charge is 0.240 e. The van der Waals surface area contributed by atoms with Crippen molar-refractivity contribution in [2.75, 3.05) is 24.5 Å². The highest BCUT2D eigenvalue weighted by molar-refractivity contribution is 7.89. The van der Waals surface area contributed by atoms with E-state index < -0.39 is 27.6 Å². The Morgan fingerprint density at radius 1 is 1.00 bits per heavy atom. The van der Waals surface area contributed by atoms with Crippen LogP contribution in [0.25, 0.3) is 0 Å². The Morgan fingerprint density at radius 3 is 2.25 bits per heavy atom. The number of likely N-dealkylation sites (tertiary alicyclic amines) is 1. The van der Waals surface area contributed by atoms with Gasteiger partial charge < -0.3 is 9.80 Å². The standard InChI is InChI=1S/C22H23F2N3O4S/c23-16-11-17(24)13-19(12-16)27-14-15(10-21(27)28)22(29)26-8-6-18(7-9-26)25-32(30,31)20-4-2-1-3-5-20/h1-5,11-13,15,18,25H,6-10,14H2. The lowest BCUT2D eigenvalue weighted by molar-refractivity contribution is -0.136. The van der Waals surface area contributed by atoms with Crippen LogP contribution in [0.4, 0.5) is 14.5 Å². The molecule has 170 valence electrons. The first-order chi connectivity index (χ1) is 15.2. The first-order valence-corrected chi connectivity index (χ1v) is 11.8. The van der Waals surface area contributed by atoms with Gasteiger partial charge >= 0.3 is 0 Å². The van der Waals surface area contributed by atoms with Crippen LogP contribution >= 0.6 is 0 Å². The zero-order valence-electron chi connectivity index (χ0n) is 17.2. The molecule has 7 nitrogen and oxygen atoms in total. The number of piperidine rings is 1. The van der Waals surface area contributed by atoms with E-state index in [1.807, 2.05) is 0 Å². The van der Waals surface area contributed by atoms with E-state index in [0.717, 1.165) is 18.2 Å². The minimum atomic E-state index is -3.63. The monoisotopic (exact) mass is 463 g/mol. The van der Waals surface area contributed by atoms with Crippen LogP contribution in [0.5, 0.6) is 0 Å². The summed E-state index contributed by atoms with van der Waals surface area (Å²) in [5, 5.41) is 0. The second-order valence-electron chi connectivity index (χ2n) is 8.07. The maximum absolute atomic E-state index is 13.5. The van der Waals surface area contributed by atoms with E-state index in [2.05, 4.69) is 4.72 Å². The number of hydrogen-bond acceptors (Lipinski definition) is 4. The molecule has 2 amide bonds. The molecule has 0 spiro atoms. The summed E-state index contributed by atoms with van der Waals surface area (Å²) < 4.78 is 54.7. The Balaban J connectivity index is 1.34. The molecule has 1 N–H and O–H groups in total. The minimum absolute atomic E-state index is 0.0302. The molecular weight excluding hydrogens is 440 g/mol. The Hall–Kier alpha value is -2.85. The number of halogens is 2. The van der Waals surface area contributed by atoms with E-state index >= 15 is 0 Å². The highest BCUT2D eigenvalue weighted by Gasteiger charge is 2.38. The van der Waals surface area contributed by atoms with Crippen LogP contribution in [0, 0.1) is 17.6 Å². The molecule has 1 unspecified atom stereocenters. The van der Waals surface area contributed by atoms with Crippen molar-refractivity contribution in [3.8, 4) is 0 Å². The maximum Gasteiger partial charge on any atom is 0.240 e. The molecule has 2 aromatic carbocycles. The number of rotatable bonds is 5. The summed E-state index contributed by atoms with van der Waals surface area (Å²) in [7, 11) is -3.63. The predicted octanol–water partition coefficient (Wildman–Crippen LogP) is 2.29. The quantitative estimate of drug-likeness (QED) is 0.737. The van der Waals surface area contributed by atoms with E-state index in [9.17, 15) is 26.8 Å². The first-order valence-electron chi connectivity index (χ1n) is 10.4. The van der Waals surface area contributed by atoms with Crippen molar-refractivity contribution in [2.45, 2.75) is 30.2 Å². The number of anilines is 1. The summed E-state index contributed by atoms with van der Waals surface area (Å²) in [4.78, 5) is 28.4. The molecular formula is C22H23F2N3O4S. The van der Waals surface area contributed by atoms with Crippen LogP contribution in [-0.4, -0.2) is 50.8 Å². The summed E-state index contributed by atoms with van der Waals surface area (Å²) in [6.45, 7) is 0.779. The lowest BCUT2D eigenvalue weighted by atomic mass is 10.0. The normalized spacial score (nSPS) is 20.1. The lowest BCUT2D eigenvalue weighted by Gasteiger charge is -2.33. The van der Waals surface area contributed by atoms with Crippen molar-refractivity contribution in [3.63, 3.8) is 0 Å². The molecule has 0 radical (unpaired) electrons. The lowest BCUT2D eigenvalue weighted by Crippen LogP contribution is -2.48. The number of hydrogen-bond donors (Lipinski definition) is 1. The highest BCUT2D eigenvalue weighted by atomic mass is 32.2.